The van der Waals surface area contributed by atoms with E-state index >= 15 is 0 Å². The fraction of sp³-hybridized carbons (Fsp3) is 0.182. The van der Waals surface area contributed by atoms with E-state index in [0.717, 1.165) is 11.1 Å². The molecular weight excluding hydrogens is 371 g/mol. The van der Waals surface area contributed by atoms with Gasteiger partial charge in [0.05, 0.1) is 12.2 Å². The van der Waals surface area contributed by atoms with Crippen molar-refractivity contribution in [2.75, 3.05) is 6.61 Å². The number of aryl methyl sites for hydroxylation is 1. The molecule has 0 aliphatic heterocycles. The molecule has 1 N–H and O–H groups in total. The number of hydrogen-bond donors (Lipinski definition) is 1. The van der Waals surface area contributed by atoms with Crippen molar-refractivity contribution in [1.29, 1.82) is 0 Å². The highest BCUT2D eigenvalue weighted by Gasteiger charge is 2.19. The number of fused-ring (bicyclic) bond motifs is 1. The first-order valence-corrected chi connectivity index (χ1v) is 9.26. The number of rotatable bonds is 6. The van der Waals surface area contributed by atoms with Crippen LogP contribution in [0.2, 0.25) is 0 Å². The zero-order valence-electron chi connectivity index (χ0n) is 16.1. The van der Waals surface area contributed by atoms with E-state index < -0.39 is 11.7 Å². The Hall–Kier alpha value is -3.61. The van der Waals surface area contributed by atoms with Crippen LogP contribution in [0.3, 0.4) is 0 Å². The van der Waals surface area contributed by atoms with Crippen LogP contribution < -0.4 is 4.74 Å². The number of ether oxygens (including phenoxy) is 1. The largest absolute Gasteiger partial charge is 0.478 e. The highest BCUT2D eigenvalue weighted by Crippen LogP contribution is 2.22. The van der Waals surface area contributed by atoms with Crippen LogP contribution in [0.1, 0.15) is 39.7 Å². The summed E-state index contributed by atoms with van der Waals surface area (Å²) in [6.07, 6.45) is 5.34. The van der Waals surface area contributed by atoms with E-state index in [1.54, 1.807) is 30.7 Å². The van der Waals surface area contributed by atoms with Gasteiger partial charge in [0.15, 0.2) is 5.78 Å². The molecule has 0 aromatic carbocycles. The number of hydrogen-bond acceptors (Lipinski definition) is 5. The quantitative estimate of drug-likeness (QED) is 0.397. The van der Waals surface area contributed by atoms with E-state index in [4.69, 9.17) is 4.74 Å². The molecule has 0 bridgehead atoms. The van der Waals surface area contributed by atoms with Gasteiger partial charge in [0.2, 0.25) is 11.8 Å². The Bertz CT molecular complexity index is 1190. The molecule has 4 aromatic heterocycles. The second-order valence-electron chi connectivity index (χ2n) is 6.70. The summed E-state index contributed by atoms with van der Waals surface area (Å²) in [5.74, 6) is -0.677. The number of aromatic nitrogens is 4. The first-order valence-electron chi connectivity index (χ1n) is 9.26. The minimum atomic E-state index is -0.790. The van der Waals surface area contributed by atoms with E-state index in [0.29, 0.717) is 41.2 Å². The predicted molar refractivity (Wildman–Crippen MR) is 107 cm³/mol. The second kappa shape index (κ2) is 7.79. The minimum Gasteiger partial charge on any atom is -0.478 e. The molecule has 4 heterocycles. The van der Waals surface area contributed by atoms with E-state index in [-0.39, 0.29) is 5.56 Å². The standard InChI is InChI=1S/C22H19FN4O2/c1-3-29-19-7-4-14(11-24-19)9-15-5-6-16(21(23)27-15)20(28)18-12-26-22-17(18)8-13(2)10-25-22/h4-8,10-12H,3,9H2,1-2H3,(H,25,26). The minimum absolute atomic E-state index is 0.0685. The summed E-state index contributed by atoms with van der Waals surface area (Å²) >= 11 is 0. The van der Waals surface area contributed by atoms with Gasteiger partial charge in [-0.3, -0.25) is 4.79 Å². The van der Waals surface area contributed by atoms with Gasteiger partial charge in [-0.25, -0.2) is 15.0 Å². The lowest BCUT2D eigenvalue weighted by Crippen LogP contribution is -2.07. The fourth-order valence-electron chi connectivity index (χ4n) is 3.14. The van der Waals surface area contributed by atoms with Crippen molar-refractivity contribution in [3.63, 3.8) is 0 Å². The molecule has 7 heteroatoms. The van der Waals surface area contributed by atoms with Crippen molar-refractivity contribution in [2.45, 2.75) is 20.3 Å². The Kier molecular flexibility index (Phi) is 5.03. The topological polar surface area (TPSA) is 80.8 Å². The Balaban J connectivity index is 1.58. The third-order valence-electron chi connectivity index (χ3n) is 4.54. The summed E-state index contributed by atoms with van der Waals surface area (Å²) in [6.45, 7) is 4.32. The summed E-state index contributed by atoms with van der Waals surface area (Å²) in [6, 6.07) is 8.61. The van der Waals surface area contributed by atoms with Crippen LogP contribution in [-0.4, -0.2) is 32.3 Å². The van der Waals surface area contributed by atoms with Crippen LogP contribution in [0.25, 0.3) is 11.0 Å². The monoisotopic (exact) mass is 390 g/mol. The summed E-state index contributed by atoms with van der Waals surface area (Å²) in [5, 5.41) is 0.666. The molecule has 146 valence electrons. The molecule has 0 unspecified atom stereocenters. The van der Waals surface area contributed by atoms with Crippen LogP contribution in [0, 0.1) is 12.9 Å². The van der Waals surface area contributed by atoms with Crippen molar-refractivity contribution >= 4 is 16.8 Å². The maximum atomic E-state index is 14.6. The first kappa shape index (κ1) is 18.7. The van der Waals surface area contributed by atoms with Crippen molar-refractivity contribution in [1.82, 2.24) is 19.9 Å². The molecule has 0 atom stereocenters. The van der Waals surface area contributed by atoms with Crippen molar-refractivity contribution < 1.29 is 13.9 Å². The molecule has 29 heavy (non-hydrogen) atoms. The molecule has 0 saturated heterocycles. The van der Waals surface area contributed by atoms with Crippen molar-refractivity contribution in [2.24, 2.45) is 0 Å². The normalized spacial score (nSPS) is 11.0. The maximum Gasteiger partial charge on any atom is 0.224 e. The van der Waals surface area contributed by atoms with Gasteiger partial charge in [-0.1, -0.05) is 6.07 Å². The third-order valence-corrected chi connectivity index (χ3v) is 4.54. The molecule has 4 aromatic rings. The number of carbonyl (C=O) groups is 1. The fourth-order valence-corrected chi connectivity index (χ4v) is 3.14. The number of ketones is 1. The number of nitrogens with zero attached hydrogens (tertiary/aromatic N) is 3. The molecule has 0 amide bonds. The van der Waals surface area contributed by atoms with Gasteiger partial charge in [-0.2, -0.15) is 4.39 Å². The smallest absolute Gasteiger partial charge is 0.224 e. The molecule has 0 spiro atoms. The lowest BCUT2D eigenvalue weighted by atomic mass is 10.0. The van der Waals surface area contributed by atoms with Gasteiger partial charge in [-0.15, -0.1) is 0 Å². The average Bonchev–Trinajstić information content (AvgIpc) is 3.12. The van der Waals surface area contributed by atoms with Crippen molar-refractivity contribution in [3.8, 4) is 5.88 Å². The highest BCUT2D eigenvalue weighted by atomic mass is 19.1. The summed E-state index contributed by atoms with van der Waals surface area (Å²) < 4.78 is 20.0. The molecule has 0 aliphatic rings. The number of halogens is 1. The van der Waals surface area contributed by atoms with E-state index in [2.05, 4.69) is 19.9 Å². The van der Waals surface area contributed by atoms with Crippen LogP contribution in [-0.2, 0) is 6.42 Å². The van der Waals surface area contributed by atoms with E-state index in [9.17, 15) is 9.18 Å². The van der Waals surface area contributed by atoms with E-state index in [1.807, 2.05) is 26.0 Å². The number of H-pyrrole nitrogens is 1. The van der Waals surface area contributed by atoms with Gasteiger partial charge in [0.25, 0.3) is 0 Å². The molecular formula is C22H19FN4O2. The van der Waals surface area contributed by atoms with Gasteiger partial charge in [-0.05, 0) is 43.2 Å². The lowest BCUT2D eigenvalue weighted by molar-refractivity contribution is 0.103. The predicted octanol–water partition coefficient (Wildman–Crippen LogP) is 4.02. The van der Waals surface area contributed by atoms with Gasteiger partial charge in [0, 0.05) is 47.7 Å². The maximum absolute atomic E-state index is 14.6. The summed E-state index contributed by atoms with van der Waals surface area (Å²) in [4.78, 5) is 28.2. The Morgan fingerprint density at radius 3 is 2.72 bits per heavy atom. The summed E-state index contributed by atoms with van der Waals surface area (Å²) in [7, 11) is 0. The Morgan fingerprint density at radius 2 is 2.00 bits per heavy atom. The third kappa shape index (κ3) is 3.85. The second-order valence-corrected chi connectivity index (χ2v) is 6.70. The Labute approximate surface area is 166 Å². The lowest BCUT2D eigenvalue weighted by Gasteiger charge is -2.06. The molecule has 6 nitrogen and oxygen atoms in total. The van der Waals surface area contributed by atoms with Crippen LogP contribution in [0.15, 0.2) is 48.9 Å². The van der Waals surface area contributed by atoms with Crippen LogP contribution >= 0.6 is 0 Å². The van der Waals surface area contributed by atoms with Gasteiger partial charge in [0.1, 0.15) is 5.65 Å². The van der Waals surface area contributed by atoms with Crippen LogP contribution in [0.5, 0.6) is 5.88 Å². The Morgan fingerprint density at radius 1 is 1.14 bits per heavy atom. The van der Waals surface area contributed by atoms with E-state index in [1.165, 1.54) is 6.07 Å². The van der Waals surface area contributed by atoms with Gasteiger partial charge < -0.3 is 9.72 Å². The highest BCUT2D eigenvalue weighted by molar-refractivity contribution is 6.15. The molecule has 0 fully saturated rings. The van der Waals surface area contributed by atoms with Gasteiger partial charge >= 0.3 is 0 Å². The number of aromatic amines is 1. The zero-order chi connectivity index (χ0) is 20.4. The molecule has 0 aliphatic carbocycles. The van der Waals surface area contributed by atoms with Crippen molar-refractivity contribution in [3.05, 3.63) is 82.8 Å². The number of carbonyl (C=O) groups excluding carboxylic acids is 1. The van der Waals surface area contributed by atoms with Crippen LogP contribution in [0.4, 0.5) is 4.39 Å². The number of pyridine rings is 3. The first-order chi connectivity index (χ1) is 14.0. The zero-order valence-corrected chi connectivity index (χ0v) is 16.1. The number of nitrogens with one attached hydrogen (secondary N) is 1. The molecule has 4 rings (SSSR count). The molecule has 0 radical (unpaired) electrons. The molecule has 0 saturated carbocycles. The SMILES string of the molecule is CCOc1ccc(Cc2ccc(C(=O)c3c[nH]c4ncc(C)cc34)c(F)n2)cn1. The average molecular weight is 390 g/mol. The summed E-state index contributed by atoms with van der Waals surface area (Å²) in [5.41, 5.74) is 3.20.